The molecule has 1 aromatic carbocycles. The number of carbonyl (C=O) groups excluding carboxylic acids is 2. The summed E-state index contributed by atoms with van der Waals surface area (Å²) in [7, 11) is 0. The van der Waals surface area contributed by atoms with Crippen molar-refractivity contribution in [2.75, 3.05) is 13.1 Å². The topological polar surface area (TPSA) is 83.4 Å². The van der Waals surface area contributed by atoms with Crippen LogP contribution >= 0.6 is 0 Å². The Morgan fingerprint density at radius 1 is 1.30 bits per heavy atom. The lowest BCUT2D eigenvalue weighted by Crippen LogP contribution is -2.40. The minimum Gasteiger partial charge on any atom is -0.408 e. The van der Waals surface area contributed by atoms with Gasteiger partial charge in [-0.3, -0.25) is 14.6 Å². The second-order valence-electron chi connectivity index (χ2n) is 5.99. The molecule has 23 heavy (non-hydrogen) atoms. The van der Waals surface area contributed by atoms with Crippen molar-refractivity contribution in [3.63, 3.8) is 0 Å². The van der Waals surface area contributed by atoms with Crippen molar-refractivity contribution in [3.8, 4) is 0 Å². The highest BCUT2D eigenvalue weighted by molar-refractivity contribution is 6.00. The van der Waals surface area contributed by atoms with E-state index in [-0.39, 0.29) is 17.6 Å². The first kappa shape index (κ1) is 15.5. The normalized spacial score (nSPS) is 16.0. The molecule has 0 radical (unpaired) electrons. The third kappa shape index (κ3) is 3.21. The van der Waals surface area contributed by atoms with Crippen LogP contribution in [0.1, 0.15) is 43.0 Å². The van der Waals surface area contributed by atoms with Crippen molar-refractivity contribution in [1.82, 2.24) is 9.88 Å². The van der Waals surface area contributed by atoms with E-state index in [1.807, 2.05) is 11.8 Å². The smallest absolute Gasteiger partial charge is 0.408 e. The van der Waals surface area contributed by atoms with Gasteiger partial charge in [0.25, 0.3) is 0 Å². The Labute approximate surface area is 133 Å². The summed E-state index contributed by atoms with van der Waals surface area (Å²) in [6.07, 6.45) is 2.79. The van der Waals surface area contributed by atoms with Gasteiger partial charge in [0.05, 0.1) is 5.52 Å². The molecule has 6 heteroatoms. The summed E-state index contributed by atoms with van der Waals surface area (Å²) in [5.74, 6) is -0.372. The first-order valence-corrected chi connectivity index (χ1v) is 8.03. The number of rotatable bonds is 4. The molecule has 0 unspecified atom stereocenters. The van der Waals surface area contributed by atoms with Crippen LogP contribution < -0.4 is 5.76 Å². The Kier molecular flexibility index (Phi) is 4.32. The Morgan fingerprint density at radius 2 is 2.04 bits per heavy atom. The van der Waals surface area contributed by atoms with Crippen LogP contribution in [0.25, 0.3) is 11.1 Å². The monoisotopic (exact) mass is 316 g/mol. The summed E-state index contributed by atoms with van der Waals surface area (Å²) >= 11 is 0. The van der Waals surface area contributed by atoms with Crippen LogP contribution in [0.2, 0.25) is 0 Å². The fourth-order valence-corrected chi connectivity index (χ4v) is 3.10. The molecule has 2 aromatic rings. The Morgan fingerprint density at radius 3 is 2.74 bits per heavy atom. The van der Waals surface area contributed by atoms with Gasteiger partial charge in [-0.25, -0.2) is 4.79 Å². The van der Waals surface area contributed by atoms with E-state index in [4.69, 9.17) is 4.42 Å². The lowest BCUT2D eigenvalue weighted by Gasteiger charge is -2.31. The quantitative estimate of drug-likeness (QED) is 0.878. The van der Waals surface area contributed by atoms with Crippen molar-refractivity contribution < 1.29 is 14.0 Å². The average Bonchev–Trinajstić information content (AvgIpc) is 2.93. The molecule has 1 aromatic heterocycles. The second-order valence-corrected chi connectivity index (χ2v) is 5.99. The number of piperidine rings is 1. The zero-order valence-corrected chi connectivity index (χ0v) is 13.1. The molecule has 1 N–H and O–H groups in total. The summed E-state index contributed by atoms with van der Waals surface area (Å²) in [6, 6.07) is 5.02. The molecule has 0 spiro atoms. The number of aromatic amines is 1. The number of likely N-dealkylation sites (tertiary alicyclic amines) is 1. The van der Waals surface area contributed by atoms with E-state index in [0.717, 1.165) is 6.42 Å². The SMILES string of the molecule is CCCC(=O)N1CCC(C(=O)c2ccc3[nH]c(=O)oc3c2)CC1. The molecule has 1 amide bonds. The first-order chi connectivity index (χ1) is 11.1. The van der Waals surface area contributed by atoms with Gasteiger partial charge in [-0.05, 0) is 37.5 Å². The van der Waals surface area contributed by atoms with Gasteiger partial charge in [0.1, 0.15) is 0 Å². The molecular formula is C17H20N2O4. The van der Waals surface area contributed by atoms with Crippen LogP contribution in [0.5, 0.6) is 0 Å². The average molecular weight is 316 g/mol. The number of nitrogens with one attached hydrogen (secondary N) is 1. The molecule has 3 rings (SSSR count). The summed E-state index contributed by atoms with van der Waals surface area (Å²) < 4.78 is 5.01. The fraction of sp³-hybridized carbons (Fsp3) is 0.471. The number of amides is 1. The van der Waals surface area contributed by atoms with Crippen LogP contribution in [-0.2, 0) is 4.79 Å². The van der Waals surface area contributed by atoms with Crippen LogP contribution in [-0.4, -0.2) is 34.7 Å². The molecule has 1 fully saturated rings. The summed E-state index contributed by atoms with van der Waals surface area (Å²) in [4.78, 5) is 40.1. The van der Waals surface area contributed by atoms with Gasteiger partial charge in [-0.2, -0.15) is 0 Å². The molecule has 1 aliphatic rings. The molecule has 2 heterocycles. The van der Waals surface area contributed by atoms with Gasteiger partial charge in [-0.1, -0.05) is 6.92 Å². The summed E-state index contributed by atoms with van der Waals surface area (Å²) in [5, 5.41) is 0. The van der Waals surface area contributed by atoms with Gasteiger partial charge >= 0.3 is 5.76 Å². The minimum absolute atomic E-state index is 0.0540. The number of Topliss-reactive ketones (excluding diaryl/α,β-unsaturated/α-hetero) is 1. The number of hydrogen-bond acceptors (Lipinski definition) is 4. The van der Waals surface area contributed by atoms with Gasteiger partial charge in [-0.15, -0.1) is 0 Å². The van der Waals surface area contributed by atoms with E-state index in [0.29, 0.717) is 49.0 Å². The third-order valence-corrected chi connectivity index (χ3v) is 4.39. The minimum atomic E-state index is -0.521. The number of aromatic nitrogens is 1. The van der Waals surface area contributed by atoms with Crippen LogP contribution in [0.4, 0.5) is 0 Å². The highest BCUT2D eigenvalue weighted by Crippen LogP contribution is 2.24. The molecular weight excluding hydrogens is 296 g/mol. The molecule has 0 bridgehead atoms. The van der Waals surface area contributed by atoms with Crippen LogP contribution in [0, 0.1) is 5.92 Å². The van der Waals surface area contributed by atoms with Crippen molar-refractivity contribution in [1.29, 1.82) is 0 Å². The highest BCUT2D eigenvalue weighted by Gasteiger charge is 2.27. The maximum atomic E-state index is 12.6. The summed E-state index contributed by atoms with van der Waals surface area (Å²) in [5.41, 5.74) is 1.54. The van der Waals surface area contributed by atoms with Gasteiger partial charge < -0.3 is 9.32 Å². The van der Waals surface area contributed by atoms with E-state index in [1.54, 1.807) is 18.2 Å². The Balaban J connectivity index is 1.68. The standard InChI is InChI=1S/C17H20N2O4/c1-2-3-15(20)19-8-6-11(7-9-19)16(21)12-4-5-13-14(10-12)23-17(22)18-13/h4-5,10-11H,2-3,6-9H2,1H3,(H,18,22). The molecule has 0 atom stereocenters. The van der Waals surface area contributed by atoms with E-state index in [1.165, 1.54) is 0 Å². The number of ketones is 1. The molecule has 0 aliphatic carbocycles. The number of nitrogens with zero attached hydrogens (tertiary/aromatic N) is 1. The molecule has 122 valence electrons. The van der Waals surface area contributed by atoms with E-state index in [2.05, 4.69) is 4.98 Å². The number of H-pyrrole nitrogens is 1. The molecule has 1 saturated heterocycles. The second kappa shape index (κ2) is 6.40. The zero-order valence-electron chi connectivity index (χ0n) is 13.1. The van der Waals surface area contributed by atoms with Crippen molar-refractivity contribution >= 4 is 22.8 Å². The van der Waals surface area contributed by atoms with Crippen molar-refractivity contribution in [3.05, 3.63) is 34.3 Å². The number of benzene rings is 1. The molecule has 0 saturated carbocycles. The van der Waals surface area contributed by atoms with Gasteiger partial charge in [0, 0.05) is 31.0 Å². The number of hydrogen-bond donors (Lipinski definition) is 1. The lowest BCUT2D eigenvalue weighted by atomic mass is 9.88. The van der Waals surface area contributed by atoms with Crippen molar-refractivity contribution in [2.45, 2.75) is 32.6 Å². The number of fused-ring (bicyclic) bond motifs is 1. The Bertz CT molecular complexity index is 781. The van der Waals surface area contributed by atoms with Gasteiger partial charge in [0.15, 0.2) is 11.4 Å². The Hall–Kier alpha value is -2.37. The highest BCUT2D eigenvalue weighted by atomic mass is 16.4. The summed E-state index contributed by atoms with van der Waals surface area (Å²) in [6.45, 7) is 3.26. The number of carbonyl (C=O) groups is 2. The third-order valence-electron chi connectivity index (χ3n) is 4.39. The maximum Gasteiger partial charge on any atom is 0.417 e. The maximum absolute atomic E-state index is 12.6. The molecule has 6 nitrogen and oxygen atoms in total. The van der Waals surface area contributed by atoms with Crippen LogP contribution in [0.15, 0.2) is 27.4 Å². The van der Waals surface area contributed by atoms with E-state index < -0.39 is 5.76 Å². The number of oxazole rings is 1. The van der Waals surface area contributed by atoms with E-state index in [9.17, 15) is 14.4 Å². The van der Waals surface area contributed by atoms with E-state index >= 15 is 0 Å². The largest absolute Gasteiger partial charge is 0.417 e. The van der Waals surface area contributed by atoms with Crippen molar-refractivity contribution in [2.24, 2.45) is 5.92 Å². The van der Waals surface area contributed by atoms with Crippen LogP contribution in [0.3, 0.4) is 0 Å². The van der Waals surface area contributed by atoms with Gasteiger partial charge in [0.2, 0.25) is 5.91 Å². The molecule has 1 aliphatic heterocycles. The predicted octanol–water partition coefficient (Wildman–Crippen LogP) is 2.34. The first-order valence-electron chi connectivity index (χ1n) is 8.03. The lowest BCUT2D eigenvalue weighted by molar-refractivity contribution is -0.132. The zero-order chi connectivity index (χ0) is 16.4. The predicted molar refractivity (Wildman–Crippen MR) is 85.4 cm³/mol. The fourth-order valence-electron chi connectivity index (χ4n) is 3.10.